The summed E-state index contributed by atoms with van der Waals surface area (Å²) in [6.07, 6.45) is 41.1. The van der Waals surface area contributed by atoms with Crippen LogP contribution in [0.5, 0.6) is 0 Å². The summed E-state index contributed by atoms with van der Waals surface area (Å²) >= 11 is 0. The van der Waals surface area contributed by atoms with Gasteiger partial charge in [0.2, 0.25) is 0 Å². The third-order valence-corrected chi connectivity index (χ3v) is 14.9. The van der Waals surface area contributed by atoms with Crippen molar-refractivity contribution in [2.45, 2.75) is 279 Å². The van der Waals surface area contributed by atoms with Gasteiger partial charge in [0.25, 0.3) is 0 Å². The van der Waals surface area contributed by atoms with E-state index in [0.29, 0.717) is 24.2 Å². The normalized spacial score (nSPS) is 19.4. The van der Waals surface area contributed by atoms with Gasteiger partial charge in [0.05, 0.1) is 18.1 Å². The van der Waals surface area contributed by atoms with Gasteiger partial charge in [-0.15, -0.1) is 0 Å². The minimum Gasteiger partial charge on any atom is -0.346 e. The fraction of sp³-hybridized carbons (Fsp3) is 0.947. The molecule has 0 bridgehead atoms. The molecule has 0 radical (unpaired) electrons. The van der Waals surface area contributed by atoms with Gasteiger partial charge in [-0.2, -0.15) is 0 Å². The Morgan fingerprint density at radius 3 is 1.20 bits per heavy atom. The van der Waals surface area contributed by atoms with Crippen molar-refractivity contribution >= 4 is 17.9 Å². The predicted molar refractivity (Wildman–Crippen MR) is 294 cm³/mol. The average Bonchev–Trinajstić information content (AvgIpc) is 3.35. The quantitative estimate of drug-likeness (QED) is 0.0950. The Kier molecular flexibility index (Phi) is 34.2. The molecule has 0 spiro atoms. The molecular weight excluding hydrogens is 811 g/mol. The van der Waals surface area contributed by atoms with Gasteiger partial charge in [-0.3, -0.25) is 0 Å². The lowest BCUT2D eigenvalue weighted by Gasteiger charge is -2.38. The van der Waals surface area contributed by atoms with E-state index >= 15 is 0 Å². The van der Waals surface area contributed by atoms with Gasteiger partial charge in [-0.05, 0) is 116 Å². The van der Waals surface area contributed by atoms with Gasteiger partial charge in [-0.1, -0.05) is 139 Å². The van der Waals surface area contributed by atoms with Crippen molar-refractivity contribution < 1.29 is 0 Å². The van der Waals surface area contributed by atoms with Crippen LogP contribution in [0, 0.1) is 0 Å². The molecule has 0 amide bonds. The Morgan fingerprint density at radius 2 is 0.788 bits per heavy atom. The van der Waals surface area contributed by atoms with Crippen LogP contribution in [-0.4, -0.2) is 144 Å². The first-order valence-electron chi connectivity index (χ1n) is 29.0. The Hall–Kier alpha value is -2.19. The van der Waals surface area contributed by atoms with Gasteiger partial charge in [-0.25, -0.2) is 15.0 Å². The minimum atomic E-state index is 0. The zero-order valence-electron chi connectivity index (χ0n) is 45.1. The van der Waals surface area contributed by atoms with Gasteiger partial charge in [0.1, 0.15) is 0 Å². The SMILES string of the molecule is C.CCCCN(C)C(=NC1CCCCC1)N(C)C1CCCCC1.CCCCN(CC)C(=NC1CCCCC1)N1CCCCC1.CCCN(CCC)C(=NC1CCCCC1)N(CCC)CCC. The highest BCUT2D eigenvalue weighted by Gasteiger charge is 2.26. The van der Waals surface area contributed by atoms with Gasteiger partial charge in [0, 0.05) is 79.0 Å². The molecule has 9 nitrogen and oxygen atoms in total. The van der Waals surface area contributed by atoms with Gasteiger partial charge >= 0.3 is 0 Å². The molecule has 5 rings (SSSR count). The Balaban J connectivity index is 0.000000338. The molecule has 4 saturated carbocycles. The molecule has 1 heterocycles. The lowest BCUT2D eigenvalue weighted by Crippen LogP contribution is -2.47. The highest BCUT2D eigenvalue weighted by molar-refractivity contribution is 5.81. The second-order valence-electron chi connectivity index (χ2n) is 20.8. The molecule has 0 N–H and O–H groups in total. The number of piperidine rings is 1. The highest BCUT2D eigenvalue weighted by atomic mass is 15.4. The molecule has 0 aromatic carbocycles. The summed E-state index contributed by atoms with van der Waals surface area (Å²) in [5, 5.41) is 0. The molecule has 5 fully saturated rings. The number of guanidine groups is 3. The van der Waals surface area contributed by atoms with Crippen LogP contribution in [0.2, 0.25) is 0 Å². The van der Waals surface area contributed by atoms with E-state index in [1.165, 1.54) is 237 Å². The number of hydrogen-bond donors (Lipinski definition) is 0. The molecule has 5 aliphatic rings. The molecule has 0 aromatic rings. The zero-order chi connectivity index (χ0) is 46.9. The van der Waals surface area contributed by atoms with Crippen LogP contribution in [0.15, 0.2) is 15.0 Å². The first kappa shape index (κ1) is 59.9. The van der Waals surface area contributed by atoms with Crippen LogP contribution in [0.3, 0.4) is 0 Å². The van der Waals surface area contributed by atoms with Crippen molar-refractivity contribution in [2.24, 2.45) is 15.0 Å². The summed E-state index contributed by atoms with van der Waals surface area (Å²) in [5.74, 6) is 3.91. The van der Waals surface area contributed by atoms with E-state index in [1.54, 1.807) is 0 Å². The maximum atomic E-state index is 5.28. The van der Waals surface area contributed by atoms with E-state index in [9.17, 15) is 0 Å². The topological polar surface area (TPSA) is 56.5 Å². The zero-order valence-corrected chi connectivity index (χ0v) is 45.1. The first-order valence-corrected chi connectivity index (χ1v) is 29.0. The fourth-order valence-corrected chi connectivity index (χ4v) is 11.0. The number of aliphatic imine (C=N–C) groups is 3. The van der Waals surface area contributed by atoms with E-state index in [1.807, 2.05) is 0 Å². The number of likely N-dealkylation sites (tertiary alicyclic amines) is 1. The van der Waals surface area contributed by atoms with Crippen LogP contribution < -0.4 is 0 Å². The molecule has 0 aromatic heterocycles. The largest absolute Gasteiger partial charge is 0.346 e. The van der Waals surface area contributed by atoms with Crippen molar-refractivity contribution in [3.05, 3.63) is 0 Å². The molecule has 0 atom stereocenters. The molecular formula is C57H115N9. The predicted octanol–water partition coefficient (Wildman–Crippen LogP) is 14.5. The molecule has 1 saturated heterocycles. The second kappa shape index (κ2) is 37.7. The van der Waals surface area contributed by atoms with E-state index in [2.05, 4.69) is 92.0 Å². The molecule has 1 aliphatic heterocycles. The Labute approximate surface area is 412 Å². The Bertz CT molecular complexity index is 1190. The van der Waals surface area contributed by atoms with Crippen molar-refractivity contribution in [1.82, 2.24) is 29.4 Å². The van der Waals surface area contributed by atoms with Crippen molar-refractivity contribution in [1.29, 1.82) is 0 Å². The van der Waals surface area contributed by atoms with Crippen molar-refractivity contribution in [3.8, 4) is 0 Å². The van der Waals surface area contributed by atoms with Gasteiger partial charge in [0.15, 0.2) is 17.9 Å². The molecule has 0 unspecified atom stereocenters. The van der Waals surface area contributed by atoms with Crippen LogP contribution >= 0.6 is 0 Å². The van der Waals surface area contributed by atoms with E-state index in [-0.39, 0.29) is 7.43 Å². The summed E-state index contributed by atoms with van der Waals surface area (Å²) in [7, 11) is 4.54. The minimum absolute atomic E-state index is 0. The number of rotatable bonds is 19. The standard InChI is InChI=1S/C19H37N3.C19H39N3.C18H35N3.CH4/c1-4-5-16-21(2)19(20-17-12-8-6-9-13-17)22(3)18-14-10-7-11-15-18;1-5-14-21(15-6-2)19(22(16-7-3)17-8-4)20-18-12-10-9-11-13-18;1-3-5-14-20(4-2)18(21-15-10-7-11-16-21)19-17-12-8-6-9-13-17;/h17-18H,4-16H2,1-3H3;18H,5-17H2,1-4H3;17H,3-16H2,1-2H3;1H4. The lowest BCUT2D eigenvalue weighted by molar-refractivity contribution is 0.247. The van der Waals surface area contributed by atoms with Crippen LogP contribution in [0.4, 0.5) is 0 Å². The van der Waals surface area contributed by atoms with E-state index in [0.717, 1.165) is 39.3 Å². The van der Waals surface area contributed by atoms with Crippen LogP contribution in [-0.2, 0) is 0 Å². The maximum Gasteiger partial charge on any atom is 0.196 e. The Morgan fingerprint density at radius 1 is 0.409 bits per heavy atom. The monoisotopic (exact) mass is 926 g/mol. The van der Waals surface area contributed by atoms with Gasteiger partial charge < -0.3 is 29.4 Å². The summed E-state index contributed by atoms with van der Waals surface area (Å²) < 4.78 is 0. The lowest BCUT2D eigenvalue weighted by atomic mass is 9.94. The van der Waals surface area contributed by atoms with Crippen LogP contribution in [0.25, 0.3) is 0 Å². The fourth-order valence-electron chi connectivity index (χ4n) is 11.0. The second-order valence-corrected chi connectivity index (χ2v) is 20.8. The van der Waals surface area contributed by atoms with Crippen LogP contribution in [0.1, 0.15) is 255 Å². The van der Waals surface area contributed by atoms with E-state index in [4.69, 9.17) is 15.0 Å². The first-order chi connectivity index (χ1) is 31.8. The van der Waals surface area contributed by atoms with Crippen molar-refractivity contribution in [3.63, 3.8) is 0 Å². The summed E-state index contributed by atoms with van der Waals surface area (Å²) in [6, 6.07) is 2.43. The molecule has 9 heteroatoms. The van der Waals surface area contributed by atoms with E-state index < -0.39 is 0 Å². The summed E-state index contributed by atoms with van der Waals surface area (Å²) in [4.78, 5) is 30.9. The number of hydrogen-bond acceptors (Lipinski definition) is 3. The molecule has 4 aliphatic carbocycles. The smallest absolute Gasteiger partial charge is 0.196 e. The number of unbranched alkanes of at least 4 members (excludes halogenated alkanes) is 2. The number of nitrogens with zero attached hydrogens (tertiary/aromatic N) is 9. The average molecular weight is 927 g/mol. The third-order valence-electron chi connectivity index (χ3n) is 14.9. The summed E-state index contributed by atoms with van der Waals surface area (Å²) in [6.45, 7) is 26.4. The maximum absolute atomic E-state index is 5.28. The highest BCUT2D eigenvalue weighted by Crippen LogP contribution is 2.26. The summed E-state index contributed by atoms with van der Waals surface area (Å²) in [5.41, 5.74) is 0. The molecule has 66 heavy (non-hydrogen) atoms. The third kappa shape index (κ3) is 22.9. The van der Waals surface area contributed by atoms with Crippen molar-refractivity contribution in [2.75, 3.05) is 73.0 Å². The molecule has 388 valence electrons.